The lowest BCUT2D eigenvalue weighted by atomic mass is 10.2. The summed E-state index contributed by atoms with van der Waals surface area (Å²) in [6.07, 6.45) is 0. The zero-order valence-corrected chi connectivity index (χ0v) is 10.8. The number of hydrogen-bond donors (Lipinski definition) is 1. The van der Waals surface area contributed by atoms with E-state index in [4.69, 9.17) is 0 Å². The van der Waals surface area contributed by atoms with Crippen LogP contribution in [-0.2, 0) is 4.79 Å². The molecule has 1 rings (SSSR count). The molecule has 0 unspecified atom stereocenters. The average molecular weight is 271 g/mol. The molecule has 0 fully saturated rings. The van der Waals surface area contributed by atoms with Gasteiger partial charge in [0.15, 0.2) is 0 Å². The first-order chi connectivity index (χ1) is 7.00. The van der Waals surface area contributed by atoms with Crippen molar-refractivity contribution >= 4 is 27.5 Å². The van der Waals surface area contributed by atoms with E-state index in [9.17, 15) is 4.79 Å². The summed E-state index contributed by atoms with van der Waals surface area (Å²) in [6.45, 7) is 2.34. The number of benzene rings is 1. The van der Waals surface area contributed by atoms with Crippen LogP contribution in [-0.4, -0.2) is 31.4 Å². The lowest BCUT2D eigenvalue weighted by Gasteiger charge is -2.13. The Morgan fingerprint density at radius 3 is 2.67 bits per heavy atom. The van der Waals surface area contributed by atoms with Gasteiger partial charge < -0.3 is 10.2 Å². The van der Waals surface area contributed by atoms with Gasteiger partial charge in [0.05, 0.1) is 6.54 Å². The van der Waals surface area contributed by atoms with Gasteiger partial charge in [-0.3, -0.25) is 4.79 Å². The highest BCUT2D eigenvalue weighted by Gasteiger charge is 2.04. The summed E-state index contributed by atoms with van der Waals surface area (Å²) in [7, 11) is 3.50. The van der Waals surface area contributed by atoms with Gasteiger partial charge in [0, 0.05) is 24.3 Å². The lowest BCUT2D eigenvalue weighted by molar-refractivity contribution is -0.126. The minimum absolute atomic E-state index is 0.0670. The molecular formula is C11H15BrN2O. The van der Waals surface area contributed by atoms with Gasteiger partial charge in [0.25, 0.3) is 0 Å². The molecule has 4 heteroatoms. The molecule has 0 aliphatic carbocycles. The first kappa shape index (κ1) is 12.0. The van der Waals surface area contributed by atoms with E-state index in [1.807, 2.05) is 25.1 Å². The van der Waals surface area contributed by atoms with Gasteiger partial charge in [-0.05, 0) is 30.7 Å². The second kappa shape index (κ2) is 5.16. The first-order valence-electron chi connectivity index (χ1n) is 4.71. The molecule has 0 atom stereocenters. The Kier molecular flexibility index (Phi) is 4.15. The number of carbonyl (C=O) groups excluding carboxylic acids is 1. The fraction of sp³-hybridized carbons (Fsp3) is 0.364. The highest BCUT2D eigenvalue weighted by Crippen LogP contribution is 2.19. The van der Waals surface area contributed by atoms with Crippen molar-refractivity contribution in [1.29, 1.82) is 0 Å². The van der Waals surface area contributed by atoms with Gasteiger partial charge in [-0.15, -0.1) is 0 Å². The third-order valence-electron chi connectivity index (χ3n) is 2.12. The van der Waals surface area contributed by atoms with Crippen molar-refractivity contribution in [2.75, 3.05) is 26.0 Å². The summed E-state index contributed by atoms with van der Waals surface area (Å²) in [5, 5.41) is 3.11. The van der Waals surface area contributed by atoms with Gasteiger partial charge >= 0.3 is 0 Å². The Morgan fingerprint density at radius 2 is 2.13 bits per heavy atom. The lowest BCUT2D eigenvalue weighted by Crippen LogP contribution is -2.28. The van der Waals surface area contributed by atoms with Crippen LogP contribution in [0.4, 0.5) is 5.69 Å². The zero-order chi connectivity index (χ0) is 11.4. The highest BCUT2D eigenvalue weighted by atomic mass is 79.9. The van der Waals surface area contributed by atoms with Crippen molar-refractivity contribution < 1.29 is 4.79 Å². The maximum Gasteiger partial charge on any atom is 0.241 e. The minimum Gasteiger partial charge on any atom is -0.376 e. The maximum absolute atomic E-state index is 11.3. The molecule has 15 heavy (non-hydrogen) atoms. The number of aryl methyl sites for hydroxylation is 1. The Hall–Kier alpha value is -1.03. The number of likely N-dealkylation sites (N-methyl/N-ethyl adjacent to an activating group) is 1. The largest absolute Gasteiger partial charge is 0.376 e. The zero-order valence-electron chi connectivity index (χ0n) is 9.17. The van der Waals surface area contributed by atoms with Crippen LogP contribution in [0, 0.1) is 6.92 Å². The van der Waals surface area contributed by atoms with E-state index in [1.54, 1.807) is 19.0 Å². The van der Waals surface area contributed by atoms with Crippen LogP contribution in [0.2, 0.25) is 0 Å². The standard InChI is InChI=1S/C11H15BrN2O/c1-8-6-9(12)4-5-10(8)13-7-11(15)14(2)3/h4-6,13H,7H2,1-3H3. The Labute approximate surface area is 98.6 Å². The van der Waals surface area contributed by atoms with Crippen LogP contribution in [0.5, 0.6) is 0 Å². The fourth-order valence-corrected chi connectivity index (χ4v) is 1.63. The monoisotopic (exact) mass is 270 g/mol. The average Bonchev–Trinajstić information content (AvgIpc) is 2.15. The van der Waals surface area contributed by atoms with Crippen LogP contribution in [0.3, 0.4) is 0 Å². The van der Waals surface area contributed by atoms with Gasteiger partial charge in [-0.1, -0.05) is 15.9 Å². The number of anilines is 1. The SMILES string of the molecule is Cc1cc(Br)ccc1NCC(=O)N(C)C. The molecule has 0 spiro atoms. The number of nitrogens with zero attached hydrogens (tertiary/aromatic N) is 1. The van der Waals surface area contributed by atoms with Gasteiger partial charge in [-0.25, -0.2) is 0 Å². The quantitative estimate of drug-likeness (QED) is 0.914. The van der Waals surface area contributed by atoms with Gasteiger partial charge in [0.2, 0.25) is 5.91 Å². The van der Waals surface area contributed by atoms with Crippen LogP contribution in [0.25, 0.3) is 0 Å². The van der Waals surface area contributed by atoms with E-state index in [0.717, 1.165) is 15.7 Å². The molecule has 1 amide bonds. The predicted octanol–water partition coefficient (Wildman–Crippen LogP) is 2.26. The topological polar surface area (TPSA) is 32.3 Å². The second-order valence-corrected chi connectivity index (χ2v) is 4.52. The molecule has 0 heterocycles. The molecule has 0 saturated carbocycles. The summed E-state index contributed by atoms with van der Waals surface area (Å²) in [5.41, 5.74) is 2.12. The van der Waals surface area contributed by atoms with E-state index < -0.39 is 0 Å². The van der Waals surface area contributed by atoms with Crippen LogP contribution < -0.4 is 5.32 Å². The number of rotatable bonds is 3. The molecule has 1 aromatic carbocycles. The van der Waals surface area contributed by atoms with Crippen LogP contribution >= 0.6 is 15.9 Å². The summed E-state index contributed by atoms with van der Waals surface area (Å²) in [4.78, 5) is 12.9. The van der Waals surface area contributed by atoms with Gasteiger partial charge in [0.1, 0.15) is 0 Å². The van der Waals surface area contributed by atoms with Crippen molar-refractivity contribution in [1.82, 2.24) is 4.90 Å². The molecule has 1 N–H and O–H groups in total. The summed E-state index contributed by atoms with van der Waals surface area (Å²) in [5.74, 6) is 0.0670. The molecule has 82 valence electrons. The Balaban J connectivity index is 2.62. The van der Waals surface area contributed by atoms with E-state index in [-0.39, 0.29) is 5.91 Å². The summed E-state index contributed by atoms with van der Waals surface area (Å²) in [6, 6.07) is 5.93. The molecule has 0 aliphatic heterocycles. The predicted molar refractivity (Wildman–Crippen MR) is 66.1 cm³/mol. The van der Waals surface area contributed by atoms with Crippen molar-refractivity contribution in [3.63, 3.8) is 0 Å². The number of nitrogens with one attached hydrogen (secondary N) is 1. The molecule has 0 aliphatic rings. The van der Waals surface area contributed by atoms with E-state index >= 15 is 0 Å². The van der Waals surface area contributed by atoms with Crippen molar-refractivity contribution in [3.05, 3.63) is 28.2 Å². The summed E-state index contributed by atoms with van der Waals surface area (Å²) >= 11 is 3.40. The van der Waals surface area contributed by atoms with Crippen LogP contribution in [0.1, 0.15) is 5.56 Å². The number of carbonyl (C=O) groups is 1. The maximum atomic E-state index is 11.3. The molecule has 0 bridgehead atoms. The van der Waals surface area contributed by atoms with Crippen molar-refractivity contribution in [2.24, 2.45) is 0 Å². The third-order valence-corrected chi connectivity index (χ3v) is 2.61. The highest BCUT2D eigenvalue weighted by molar-refractivity contribution is 9.10. The number of amides is 1. The summed E-state index contributed by atoms with van der Waals surface area (Å²) < 4.78 is 1.05. The number of hydrogen-bond acceptors (Lipinski definition) is 2. The Bertz CT molecular complexity index is 364. The smallest absolute Gasteiger partial charge is 0.241 e. The second-order valence-electron chi connectivity index (χ2n) is 3.60. The molecule has 0 aromatic heterocycles. The van der Waals surface area contributed by atoms with E-state index in [2.05, 4.69) is 21.2 Å². The minimum atomic E-state index is 0.0670. The third kappa shape index (κ3) is 3.55. The van der Waals surface area contributed by atoms with Gasteiger partial charge in [-0.2, -0.15) is 0 Å². The van der Waals surface area contributed by atoms with E-state index in [1.165, 1.54) is 0 Å². The molecule has 0 saturated heterocycles. The molecule has 0 radical (unpaired) electrons. The van der Waals surface area contributed by atoms with E-state index in [0.29, 0.717) is 6.54 Å². The number of halogens is 1. The first-order valence-corrected chi connectivity index (χ1v) is 5.50. The Morgan fingerprint density at radius 1 is 1.47 bits per heavy atom. The van der Waals surface area contributed by atoms with Crippen LogP contribution in [0.15, 0.2) is 22.7 Å². The normalized spacial score (nSPS) is 9.87. The molecular weight excluding hydrogens is 256 g/mol. The van der Waals surface area contributed by atoms with Crippen molar-refractivity contribution in [3.8, 4) is 0 Å². The molecule has 1 aromatic rings. The fourth-order valence-electron chi connectivity index (χ4n) is 1.15. The van der Waals surface area contributed by atoms with Crippen molar-refractivity contribution in [2.45, 2.75) is 6.92 Å². The molecule has 3 nitrogen and oxygen atoms in total.